The fraction of sp³-hybridized carbons (Fsp3) is 0.727. The molecule has 0 unspecified atom stereocenters. The van der Waals surface area contributed by atoms with E-state index in [9.17, 15) is 4.79 Å². The van der Waals surface area contributed by atoms with Crippen molar-refractivity contribution in [2.75, 3.05) is 13.7 Å². The third-order valence-electron chi connectivity index (χ3n) is 2.96. The van der Waals surface area contributed by atoms with Gasteiger partial charge in [0.15, 0.2) is 5.82 Å². The third-order valence-corrected chi connectivity index (χ3v) is 2.96. The molecule has 0 spiro atoms. The van der Waals surface area contributed by atoms with Gasteiger partial charge in [0.25, 0.3) is 5.89 Å². The van der Waals surface area contributed by atoms with Crippen LogP contribution in [0.25, 0.3) is 0 Å². The highest BCUT2D eigenvalue weighted by Gasteiger charge is 2.29. The second-order valence-corrected chi connectivity index (χ2v) is 4.20. The van der Waals surface area contributed by atoms with Gasteiger partial charge >= 0.3 is 0 Å². The lowest BCUT2D eigenvalue weighted by Crippen LogP contribution is -2.37. The van der Waals surface area contributed by atoms with Gasteiger partial charge in [-0.2, -0.15) is 4.98 Å². The summed E-state index contributed by atoms with van der Waals surface area (Å²) in [5, 5.41) is 3.93. The van der Waals surface area contributed by atoms with Crippen LogP contribution in [0.4, 0.5) is 0 Å². The molecule has 1 amide bonds. The van der Waals surface area contributed by atoms with Crippen LogP contribution in [0.2, 0.25) is 0 Å². The first-order valence-electron chi connectivity index (χ1n) is 5.81. The van der Waals surface area contributed by atoms with Crippen LogP contribution in [-0.4, -0.2) is 34.6 Å². The number of carbonyl (C=O) groups excluding carboxylic acids is 1. The number of carbonyl (C=O) groups is 1. The first-order chi connectivity index (χ1) is 8.22. The van der Waals surface area contributed by atoms with E-state index in [1.54, 1.807) is 14.0 Å². The van der Waals surface area contributed by atoms with Crippen LogP contribution in [0.3, 0.4) is 0 Å². The van der Waals surface area contributed by atoms with Crippen molar-refractivity contribution in [3.05, 3.63) is 11.7 Å². The van der Waals surface area contributed by atoms with Gasteiger partial charge in [0.2, 0.25) is 5.91 Å². The van der Waals surface area contributed by atoms with Gasteiger partial charge in [0, 0.05) is 20.6 Å². The average molecular weight is 239 g/mol. The molecule has 2 heterocycles. The van der Waals surface area contributed by atoms with E-state index in [1.165, 1.54) is 0 Å². The van der Waals surface area contributed by atoms with Gasteiger partial charge < -0.3 is 14.2 Å². The maximum absolute atomic E-state index is 11.5. The molecule has 1 aliphatic heterocycles. The second-order valence-electron chi connectivity index (χ2n) is 4.20. The number of nitrogens with zero attached hydrogens (tertiary/aromatic N) is 3. The molecule has 0 bridgehead atoms. The first kappa shape index (κ1) is 12.0. The van der Waals surface area contributed by atoms with Crippen molar-refractivity contribution in [3.63, 3.8) is 0 Å². The molecule has 0 aliphatic carbocycles. The van der Waals surface area contributed by atoms with Crippen molar-refractivity contribution in [3.8, 4) is 0 Å². The highest BCUT2D eigenvalue weighted by Crippen LogP contribution is 2.29. The fourth-order valence-corrected chi connectivity index (χ4v) is 2.16. The Balaban J connectivity index is 2.14. The molecular weight excluding hydrogens is 222 g/mol. The zero-order valence-corrected chi connectivity index (χ0v) is 10.2. The van der Waals surface area contributed by atoms with Gasteiger partial charge in [0.05, 0.1) is 6.04 Å². The lowest BCUT2D eigenvalue weighted by Gasteiger charge is -2.32. The van der Waals surface area contributed by atoms with Gasteiger partial charge in [0.1, 0.15) is 6.61 Å². The zero-order chi connectivity index (χ0) is 12.3. The smallest absolute Gasteiger partial charge is 0.252 e. The standard InChI is InChI=1S/C11H17N3O3/c1-8(15)14-6-4-3-5-9(14)11-12-10(7-16-2)17-13-11/h9H,3-7H2,1-2H3/t9-/m0/s1. The van der Waals surface area contributed by atoms with E-state index in [4.69, 9.17) is 9.26 Å². The largest absolute Gasteiger partial charge is 0.375 e. The number of hydrogen-bond donors (Lipinski definition) is 0. The van der Waals surface area contributed by atoms with Crippen molar-refractivity contribution in [1.82, 2.24) is 15.0 Å². The van der Waals surface area contributed by atoms with E-state index < -0.39 is 0 Å². The quantitative estimate of drug-likeness (QED) is 0.795. The molecule has 1 aromatic rings. The summed E-state index contributed by atoms with van der Waals surface area (Å²) in [7, 11) is 1.58. The Morgan fingerprint density at radius 1 is 1.59 bits per heavy atom. The van der Waals surface area contributed by atoms with E-state index in [-0.39, 0.29) is 11.9 Å². The van der Waals surface area contributed by atoms with Gasteiger partial charge in [-0.05, 0) is 19.3 Å². The molecule has 0 N–H and O–H groups in total. The van der Waals surface area contributed by atoms with Crippen molar-refractivity contribution < 1.29 is 14.1 Å². The predicted octanol–water partition coefficient (Wildman–Crippen LogP) is 1.29. The Labute approximate surface area is 99.9 Å². The van der Waals surface area contributed by atoms with Crippen LogP contribution in [0.5, 0.6) is 0 Å². The summed E-state index contributed by atoms with van der Waals surface area (Å²) in [4.78, 5) is 17.6. The number of rotatable bonds is 3. The Morgan fingerprint density at radius 3 is 3.12 bits per heavy atom. The lowest BCUT2D eigenvalue weighted by molar-refractivity contribution is -0.132. The summed E-state index contributed by atoms with van der Waals surface area (Å²) in [6.07, 6.45) is 3.02. The Hall–Kier alpha value is -1.43. The van der Waals surface area contributed by atoms with Crippen LogP contribution in [0.1, 0.15) is 43.9 Å². The summed E-state index contributed by atoms with van der Waals surface area (Å²) in [6, 6.07) is -0.0457. The number of hydrogen-bond acceptors (Lipinski definition) is 5. The molecule has 1 saturated heterocycles. The Bertz CT molecular complexity index is 391. The van der Waals surface area contributed by atoms with E-state index in [0.717, 1.165) is 25.8 Å². The number of piperidine rings is 1. The molecule has 1 fully saturated rings. The number of likely N-dealkylation sites (tertiary alicyclic amines) is 1. The fourth-order valence-electron chi connectivity index (χ4n) is 2.16. The molecule has 6 heteroatoms. The minimum absolute atomic E-state index is 0.0457. The first-order valence-corrected chi connectivity index (χ1v) is 5.81. The SMILES string of the molecule is COCc1nc([C@@H]2CCCCN2C(C)=O)no1. The lowest BCUT2D eigenvalue weighted by atomic mass is 10.0. The molecule has 1 aromatic heterocycles. The Kier molecular flexibility index (Phi) is 3.73. The molecule has 1 atom stereocenters. The molecule has 94 valence electrons. The average Bonchev–Trinajstić information content (AvgIpc) is 2.78. The summed E-state index contributed by atoms with van der Waals surface area (Å²) >= 11 is 0. The molecule has 2 rings (SSSR count). The monoisotopic (exact) mass is 239 g/mol. The van der Waals surface area contributed by atoms with Gasteiger partial charge in [-0.15, -0.1) is 0 Å². The van der Waals surface area contributed by atoms with E-state index in [1.807, 2.05) is 4.90 Å². The minimum atomic E-state index is -0.0457. The number of methoxy groups -OCH3 is 1. The second kappa shape index (κ2) is 5.27. The summed E-state index contributed by atoms with van der Waals surface area (Å²) < 4.78 is 9.99. The van der Waals surface area contributed by atoms with Gasteiger partial charge in [-0.1, -0.05) is 5.16 Å². The van der Waals surface area contributed by atoms with Crippen LogP contribution >= 0.6 is 0 Å². The van der Waals surface area contributed by atoms with E-state index in [0.29, 0.717) is 18.3 Å². The van der Waals surface area contributed by atoms with E-state index >= 15 is 0 Å². The highest BCUT2D eigenvalue weighted by molar-refractivity contribution is 5.73. The topological polar surface area (TPSA) is 68.5 Å². The molecular formula is C11H17N3O3. The van der Waals surface area contributed by atoms with Crippen molar-refractivity contribution >= 4 is 5.91 Å². The van der Waals surface area contributed by atoms with Gasteiger partial charge in [-0.25, -0.2) is 0 Å². The van der Waals surface area contributed by atoms with Crippen LogP contribution < -0.4 is 0 Å². The normalized spacial score (nSPS) is 20.6. The molecule has 0 radical (unpaired) electrons. The Morgan fingerprint density at radius 2 is 2.41 bits per heavy atom. The van der Waals surface area contributed by atoms with Crippen LogP contribution in [0, 0.1) is 0 Å². The van der Waals surface area contributed by atoms with Crippen molar-refractivity contribution in [2.24, 2.45) is 0 Å². The predicted molar refractivity (Wildman–Crippen MR) is 59.0 cm³/mol. The van der Waals surface area contributed by atoms with E-state index in [2.05, 4.69) is 10.1 Å². The molecule has 0 aromatic carbocycles. The third kappa shape index (κ3) is 2.63. The molecule has 1 aliphatic rings. The molecule has 6 nitrogen and oxygen atoms in total. The highest BCUT2D eigenvalue weighted by atomic mass is 16.5. The number of ether oxygens (including phenoxy) is 1. The van der Waals surface area contributed by atoms with Crippen molar-refractivity contribution in [2.45, 2.75) is 38.8 Å². The van der Waals surface area contributed by atoms with Crippen LogP contribution in [-0.2, 0) is 16.1 Å². The summed E-state index contributed by atoms with van der Waals surface area (Å²) in [6.45, 7) is 2.66. The number of aromatic nitrogens is 2. The maximum atomic E-state index is 11.5. The molecule has 0 saturated carbocycles. The minimum Gasteiger partial charge on any atom is -0.375 e. The summed E-state index contributed by atoms with van der Waals surface area (Å²) in [5.74, 6) is 1.11. The van der Waals surface area contributed by atoms with Gasteiger partial charge in [-0.3, -0.25) is 4.79 Å². The molecule has 17 heavy (non-hydrogen) atoms. The van der Waals surface area contributed by atoms with Crippen LogP contribution in [0.15, 0.2) is 4.52 Å². The zero-order valence-electron chi connectivity index (χ0n) is 10.2. The maximum Gasteiger partial charge on any atom is 0.252 e. The number of amides is 1. The van der Waals surface area contributed by atoms with Crippen molar-refractivity contribution in [1.29, 1.82) is 0 Å². The summed E-state index contributed by atoms with van der Waals surface area (Å²) in [5.41, 5.74) is 0.